The van der Waals surface area contributed by atoms with Gasteiger partial charge >= 0.3 is 0 Å². The number of pyridine rings is 2. The minimum Gasteiger partial charge on any atom is -0.345 e. The summed E-state index contributed by atoms with van der Waals surface area (Å²) in [5, 5.41) is 3.91. The van der Waals surface area contributed by atoms with Crippen LogP contribution in [-0.4, -0.2) is 20.4 Å². The molecule has 6 nitrogen and oxygen atoms in total. The molecule has 3 heterocycles. The molecular weight excluding hydrogens is 468 g/mol. The number of rotatable bonds is 5. The highest BCUT2D eigenvalue weighted by Gasteiger charge is 2.21. The van der Waals surface area contributed by atoms with E-state index in [0.29, 0.717) is 11.1 Å². The molecule has 2 N–H and O–H groups in total. The van der Waals surface area contributed by atoms with Crippen molar-refractivity contribution in [2.24, 2.45) is 0 Å². The summed E-state index contributed by atoms with van der Waals surface area (Å²) in [5.41, 5.74) is 4.27. The first-order valence-electron chi connectivity index (χ1n) is 10.5. The largest absolute Gasteiger partial charge is 0.345 e. The van der Waals surface area contributed by atoms with Crippen LogP contribution in [0.5, 0.6) is 0 Å². The molecule has 1 atom stereocenters. The Balaban J connectivity index is 1.74. The summed E-state index contributed by atoms with van der Waals surface area (Å²) < 4.78 is 2.96. The molecule has 0 aliphatic rings. The third kappa shape index (κ3) is 4.12. The van der Waals surface area contributed by atoms with Crippen molar-refractivity contribution in [3.8, 4) is 11.1 Å². The SMILES string of the molecule is Cc1cc(-c2ccncc2)c(C(C)NC(=O)c2cc(Br)cc3c2ccn3C(C)C)c(=O)[nH]1. The van der Waals surface area contributed by atoms with Crippen LogP contribution in [0, 0.1) is 6.92 Å². The van der Waals surface area contributed by atoms with Gasteiger partial charge in [0, 0.05) is 51.3 Å². The predicted octanol–water partition coefficient (Wildman–Crippen LogP) is 5.53. The number of aromatic nitrogens is 3. The number of hydrogen-bond acceptors (Lipinski definition) is 3. The maximum Gasteiger partial charge on any atom is 0.254 e. The van der Waals surface area contributed by atoms with E-state index in [4.69, 9.17) is 0 Å². The Morgan fingerprint density at radius 1 is 1.12 bits per heavy atom. The third-order valence-corrected chi connectivity index (χ3v) is 6.04. The highest BCUT2D eigenvalue weighted by molar-refractivity contribution is 9.10. The molecule has 0 aliphatic heterocycles. The Bertz CT molecular complexity index is 1360. The van der Waals surface area contributed by atoms with Gasteiger partial charge < -0.3 is 14.9 Å². The van der Waals surface area contributed by atoms with E-state index in [9.17, 15) is 9.59 Å². The van der Waals surface area contributed by atoms with Crippen molar-refractivity contribution in [1.82, 2.24) is 19.9 Å². The van der Waals surface area contributed by atoms with Crippen LogP contribution < -0.4 is 10.9 Å². The lowest BCUT2D eigenvalue weighted by Crippen LogP contribution is -2.31. The van der Waals surface area contributed by atoms with E-state index in [1.165, 1.54) is 0 Å². The first-order valence-corrected chi connectivity index (χ1v) is 11.3. The lowest BCUT2D eigenvalue weighted by molar-refractivity contribution is 0.0941. The van der Waals surface area contributed by atoms with Crippen LogP contribution in [0.3, 0.4) is 0 Å². The summed E-state index contributed by atoms with van der Waals surface area (Å²) in [7, 11) is 0. The lowest BCUT2D eigenvalue weighted by Gasteiger charge is -2.19. The number of benzene rings is 1. The van der Waals surface area contributed by atoms with Gasteiger partial charge in [-0.1, -0.05) is 15.9 Å². The van der Waals surface area contributed by atoms with Crippen LogP contribution >= 0.6 is 15.9 Å². The number of aromatic amines is 1. The second-order valence-electron chi connectivity index (χ2n) is 8.24. The van der Waals surface area contributed by atoms with E-state index in [1.807, 2.05) is 56.4 Å². The van der Waals surface area contributed by atoms with Gasteiger partial charge in [0.1, 0.15) is 0 Å². The monoisotopic (exact) mass is 492 g/mol. The number of fused-ring (bicyclic) bond motifs is 1. The van der Waals surface area contributed by atoms with E-state index in [1.54, 1.807) is 12.4 Å². The van der Waals surface area contributed by atoms with Crippen LogP contribution in [0.1, 0.15) is 54.5 Å². The molecular formula is C25H25BrN4O2. The zero-order chi connectivity index (χ0) is 23.0. The van der Waals surface area contributed by atoms with E-state index in [0.717, 1.165) is 32.2 Å². The first-order chi connectivity index (χ1) is 15.3. The zero-order valence-electron chi connectivity index (χ0n) is 18.4. The van der Waals surface area contributed by atoms with Crippen molar-refractivity contribution < 1.29 is 4.79 Å². The fourth-order valence-corrected chi connectivity index (χ4v) is 4.56. The molecule has 0 saturated heterocycles. The Hall–Kier alpha value is -3.19. The lowest BCUT2D eigenvalue weighted by atomic mass is 9.96. The molecule has 0 saturated carbocycles. The Morgan fingerprint density at radius 2 is 1.84 bits per heavy atom. The van der Waals surface area contributed by atoms with E-state index < -0.39 is 6.04 Å². The van der Waals surface area contributed by atoms with E-state index in [2.05, 4.69) is 49.6 Å². The number of aryl methyl sites for hydroxylation is 1. The molecule has 3 aromatic heterocycles. The molecule has 0 aliphatic carbocycles. The third-order valence-electron chi connectivity index (χ3n) is 5.58. The molecule has 0 radical (unpaired) electrons. The summed E-state index contributed by atoms with van der Waals surface area (Å²) in [5.74, 6) is -0.231. The second kappa shape index (κ2) is 8.74. The standard InChI is InChI=1S/C25H25BrN4O2/c1-14(2)30-10-7-19-21(12-18(26)13-22(19)30)24(31)29-16(4)23-20(11-15(3)28-25(23)32)17-5-8-27-9-6-17/h5-14,16H,1-4H3,(H,28,32)(H,29,31). The van der Waals surface area contributed by atoms with Crippen LogP contribution in [0.15, 0.2) is 64.3 Å². The fraction of sp³-hybridized carbons (Fsp3) is 0.240. The van der Waals surface area contributed by atoms with Crippen LogP contribution in [0.4, 0.5) is 0 Å². The van der Waals surface area contributed by atoms with Crippen molar-refractivity contribution in [2.75, 3.05) is 0 Å². The molecule has 0 spiro atoms. The summed E-state index contributed by atoms with van der Waals surface area (Å²) >= 11 is 3.54. The van der Waals surface area contributed by atoms with Crippen molar-refractivity contribution in [1.29, 1.82) is 0 Å². The van der Waals surface area contributed by atoms with E-state index >= 15 is 0 Å². The zero-order valence-corrected chi connectivity index (χ0v) is 20.0. The van der Waals surface area contributed by atoms with Gasteiger partial charge in [-0.25, -0.2) is 0 Å². The van der Waals surface area contributed by atoms with Gasteiger partial charge in [-0.05, 0) is 75.2 Å². The van der Waals surface area contributed by atoms with Gasteiger partial charge in [0.2, 0.25) is 0 Å². The number of carbonyl (C=O) groups excluding carboxylic acids is 1. The van der Waals surface area contributed by atoms with Gasteiger partial charge in [0.05, 0.1) is 11.6 Å². The van der Waals surface area contributed by atoms with Gasteiger partial charge in [-0.15, -0.1) is 0 Å². The Labute approximate surface area is 194 Å². The van der Waals surface area contributed by atoms with Crippen LogP contribution in [0.2, 0.25) is 0 Å². The number of carbonyl (C=O) groups is 1. The number of nitrogens with zero attached hydrogens (tertiary/aromatic N) is 2. The summed E-state index contributed by atoms with van der Waals surface area (Å²) in [6.07, 6.45) is 5.38. The molecule has 1 amide bonds. The maximum absolute atomic E-state index is 13.3. The molecule has 164 valence electrons. The molecule has 1 unspecified atom stereocenters. The smallest absolute Gasteiger partial charge is 0.254 e. The van der Waals surface area contributed by atoms with Gasteiger partial charge in [0.25, 0.3) is 11.5 Å². The number of hydrogen-bond donors (Lipinski definition) is 2. The highest BCUT2D eigenvalue weighted by atomic mass is 79.9. The summed E-state index contributed by atoms with van der Waals surface area (Å²) in [4.78, 5) is 33.2. The van der Waals surface area contributed by atoms with Crippen LogP contribution in [0.25, 0.3) is 22.0 Å². The molecule has 4 aromatic rings. The molecule has 4 rings (SSSR count). The minimum atomic E-state index is -0.503. The number of nitrogens with one attached hydrogen (secondary N) is 2. The normalized spacial score (nSPS) is 12.3. The van der Waals surface area contributed by atoms with Crippen molar-refractivity contribution >= 4 is 32.7 Å². The van der Waals surface area contributed by atoms with Crippen molar-refractivity contribution in [3.05, 3.63) is 86.6 Å². The van der Waals surface area contributed by atoms with Crippen LogP contribution in [-0.2, 0) is 0 Å². The predicted molar refractivity (Wildman–Crippen MR) is 131 cm³/mol. The first kappa shape index (κ1) is 22.0. The average Bonchev–Trinajstić information content (AvgIpc) is 3.17. The minimum absolute atomic E-state index is 0.213. The van der Waals surface area contributed by atoms with Crippen molar-refractivity contribution in [3.63, 3.8) is 0 Å². The number of H-pyrrole nitrogens is 1. The Kier molecular flexibility index (Phi) is 6.02. The number of amides is 1. The molecule has 0 bridgehead atoms. The fourth-order valence-electron chi connectivity index (χ4n) is 4.11. The average molecular weight is 493 g/mol. The quantitative estimate of drug-likeness (QED) is 0.384. The van der Waals surface area contributed by atoms with E-state index in [-0.39, 0.29) is 17.5 Å². The topological polar surface area (TPSA) is 79.8 Å². The van der Waals surface area contributed by atoms with Gasteiger partial charge in [-0.2, -0.15) is 0 Å². The summed E-state index contributed by atoms with van der Waals surface area (Å²) in [6, 6.07) is 11.2. The molecule has 0 fully saturated rings. The summed E-state index contributed by atoms with van der Waals surface area (Å²) in [6.45, 7) is 7.88. The Morgan fingerprint density at radius 3 is 2.53 bits per heavy atom. The molecule has 32 heavy (non-hydrogen) atoms. The molecule has 1 aromatic carbocycles. The van der Waals surface area contributed by atoms with Crippen molar-refractivity contribution in [2.45, 2.75) is 39.8 Å². The maximum atomic E-state index is 13.3. The van der Waals surface area contributed by atoms with Gasteiger partial charge in [-0.3, -0.25) is 14.6 Å². The number of halogens is 1. The second-order valence-corrected chi connectivity index (χ2v) is 9.16. The highest BCUT2D eigenvalue weighted by Crippen LogP contribution is 2.29. The van der Waals surface area contributed by atoms with Gasteiger partial charge in [0.15, 0.2) is 0 Å². The molecule has 7 heteroatoms.